The highest BCUT2D eigenvalue weighted by Gasteiger charge is 2.30. The number of anilines is 1. The number of piperidine rings is 1. The summed E-state index contributed by atoms with van der Waals surface area (Å²) in [6.45, 7) is 7.44. The van der Waals surface area contributed by atoms with E-state index in [1.54, 1.807) is 12.1 Å². The van der Waals surface area contributed by atoms with Crippen LogP contribution >= 0.6 is 0 Å². The quantitative estimate of drug-likeness (QED) is 0.748. The standard InChI is InChI=1S/C15H20FNO/c1-10-6-11(2)12(3)17(8-10)15-5-4-13(9-18)7-14(15)16/h4-5,7,9-12H,6,8H2,1-3H3. The van der Waals surface area contributed by atoms with Gasteiger partial charge in [0.15, 0.2) is 0 Å². The minimum absolute atomic E-state index is 0.298. The van der Waals surface area contributed by atoms with Crippen molar-refractivity contribution >= 4 is 12.0 Å². The lowest BCUT2D eigenvalue weighted by atomic mass is 9.85. The zero-order valence-electron chi connectivity index (χ0n) is 11.2. The van der Waals surface area contributed by atoms with E-state index in [0.29, 0.717) is 35.4 Å². The second kappa shape index (κ2) is 5.09. The van der Waals surface area contributed by atoms with Gasteiger partial charge < -0.3 is 4.90 Å². The normalized spacial score (nSPS) is 28.2. The predicted octanol–water partition coefficient (Wildman–Crippen LogP) is 3.51. The first-order valence-electron chi connectivity index (χ1n) is 6.54. The minimum atomic E-state index is -0.298. The highest BCUT2D eigenvalue weighted by atomic mass is 19.1. The van der Waals surface area contributed by atoms with Crippen LogP contribution in [0.2, 0.25) is 0 Å². The first kappa shape index (κ1) is 13.1. The van der Waals surface area contributed by atoms with Gasteiger partial charge in [-0.1, -0.05) is 13.8 Å². The van der Waals surface area contributed by atoms with Crippen LogP contribution in [0.15, 0.2) is 18.2 Å². The summed E-state index contributed by atoms with van der Waals surface area (Å²) >= 11 is 0. The van der Waals surface area contributed by atoms with Gasteiger partial charge in [0.25, 0.3) is 0 Å². The van der Waals surface area contributed by atoms with Gasteiger partial charge in [-0.25, -0.2) is 4.39 Å². The average Bonchev–Trinajstić information content (AvgIpc) is 2.34. The molecule has 2 rings (SSSR count). The molecule has 0 N–H and O–H groups in total. The molecule has 2 nitrogen and oxygen atoms in total. The summed E-state index contributed by atoms with van der Waals surface area (Å²) in [5.74, 6) is 0.827. The van der Waals surface area contributed by atoms with Crippen molar-refractivity contribution in [3.05, 3.63) is 29.6 Å². The van der Waals surface area contributed by atoms with Crippen LogP contribution in [0.25, 0.3) is 0 Å². The molecule has 3 unspecified atom stereocenters. The monoisotopic (exact) mass is 249 g/mol. The maximum absolute atomic E-state index is 14.0. The SMILES string of the molecule is CC1CC(C)C(C)N(c2ccc(C=O)cc2F)C1. The molecule has 0 amide bonds. The summed E-state index contributed by atoms with van der Waals surface area (Å²) in [5.41, 5.74) is 1.01. The van der Waals surface area contributed by atoms with Crippen LogP contribution in [0, 0.1) is 17.7 Å². The van der Waals surface area contributed by atoms with E-state index in [9.17, 15) is 9.18 Å². The zero-order chi connectivity index (χ0) is 13.3. The molecule has 0 aromatic heterocycles. The Morgan fingerprint density at radius 1 is 1.33 bits per heavy atom. The number of hydrogen-bond acceptors (Lipinski definition) is 2. The van der Waals surface area contributed by atoms with Crippen molar-refractivity contribution in [2.75, 3.05) is 11.4 Å². The third-order valence-electron chi connectivity index (χ3n) is 4.01. The van der Waals surface area contributed by atoms with Crippen molar-refractivity contribution in [2.24, 2.45) is 11.8 Å². The molecule has 98 valence electrons. The Hall–Kier alpha value is -1.38. The molecule has 1 aliphatic heterocycles. The summed E-state index contributed by atoms with van der Waals surface area (Å²) in [6, 6.07) is 5.05. The van der Waals surface area contributed by atoms with Gasteiger partial charge in [0.05, 0.1) is 5.69 Å². The van der Waals surface area contributed by atoms with E-state index in [1.807, 2.05) is 0 Å². The third-order valence-corrected chi connectivity index (χ3v) is 4.01. The molecular formula is C15H20FNO. The van der Waals surface area contributed by atoms with Crippen molar-refractivity contribution in [3.8, 4) is 0 Å². The Balaban J connectivity index is 2.32. The largest absolute Gasteiger partial charge is 0.366 e. The molecule has 1 aliphatic rings. The second-order valence-corrected chi connectivity index (χ2v) is 5.54. The molecular weight excluding hydrogens is 229 g/mol. The van der Waals surface area contributed by atoms with E-state index in [4.69, 9.17) is 0 Å². The summed E-state index contributed by atoms with van der Waals surface area (Å²) < 4.78 is 14.0. The van der Waals surface area contributed by atoms with E-state index < -0.39 is 0 Å². The topological polar surface area (TPSA) is 20.3 Å². The zero-order valence-corrected chi connectivity index (χ0v) is 11.2. The number of aldehydes is 1. The maximum Gasteiger partial charge on any atom is 0.150 e. The van der Waals surface area contributed by atoms with Crippen LogP contribution in [-0.4, -0.2) is 18.9 Å². The molecule has 0 bridgehead atoms. The maximum atomic E-state index is 14.0. The highest BCUT2D eigenvalue weighted by molar-refractivity contribution is 5.76. The summed E-state index contributed by atoms with van der Waals surface area (Å²) in [6.07, 6.45) is 1.86. The highest BCUT2D eigenvalue weighted by Crippen LogP contribution is 2.32. The van der Waals surface area contributed by atoms with Gasteiger partial charge in [0.1, 0.15) is 12.1 Å². The number of hydrogen-bond donors (Lipinski definition) is 0. The second-order valence-electron chi connectivity index (χ2n) is 5.54. The van der Waals surface area contributed by atoms with Gasteiger partial charge in [-0.2, -0.15) is 0 Å². The molecule has 3 heteroatoms. The van der Waals surface area contributed by atoms with Gasteiger partial charge >= 0.3 is 0 Å². The molecule has 0 spiro atoms. The van der Waals surface area contributed by atoms with Crippen LogP contribution < -0.4 is 4.90 Å². The first-order chi connectivity index (χ1) is 8.52. The lowest BCUT2D eigenvalue weighted by Gasteiger charge is -2.42. The van der Waals surface area contributed by atoms with Crippen molar-refractivity contribution in [3.63, 3.8) is 0 Å². The van der Waals surface area contributed by atoms with Crippen LogP contribution in [0.3, 0.4) is 0 Å². The van der Waals surface area contributed by atoms with Crippen LogP contribution in [-0.2, 0) is 0 Å². The van der Waals surface area contributed by atoms with Crippen molar-refractivity contribution in [1.82, 2.24) is 0 Å². The fraction of sp³-hybridized carbons (Fsp3) is 0.533. The van der Waals surface area contributed by atoms with Crippen molar-refractivity contribution in [1.29, 1.82) is 0 Å². The summed E-state index contributed by atoms with van der Waals surface area (Å²) in [5, 5.41) is 0. The average molecular weight is 249 g/mol. The molecule has 0 radical (unpaired) electrons. The Morgan fingerprint density at radius 3 is 2.67 bits per heavy atom. The van der Waals surface area contributed by atoms with Crippen LogP contribution in [0.5, 0.6) is 0 Å². The molecule has 3 atom stereocenters. The van der Waals surface area contributed by atoms with Crippen molar-refractivity contribution < 1.29 is 9.18 Å². The van der Waals surface area contributed by atoms with Gasteiger partial charge in [0, 0.05) is 18.2 Å². The van der Waals surface area contributed by atoms with E-state index in [1.165, 1.54) is 12.5 Å². The Labute approximate surface area is 108 Å². The molecule has 1 saturated heterocycles. The summed E-state index contributed by atoms with van der Waals surface area (Å²) in [7, 11) is 0. The van der Waals surface area contributed by atoms with Crippen molar-refractivity contribution in [2.45, 2.75) is 33.2 Å². The van der Waals surface area contributed by atoms with Gasteiger partial charge in [-0.05, 0) is 43.4 Å². The number of nitrogens with zero attached hydrogens (tertiary/aromatic N) is 1. The fourth-order valence-corrected chi connectivity index (χ4v) is 2.86. The lowest BCUT2D eigenvalue weighted by Crippen LogP contribution is -2.46. The molecule has 18 heavy (non-hydrogen) atoms. The van der Waals surface area contributed by atoms with Gasteiger partial charge in [0.2, 0.25) is 0 Å². The first-order valence-corrected chi connectivity index (χ1v) is 6.54. The van der Waals surface area contributed by atoms with Crippen LogP contribution in [0.4, 0.5) is 10.1 Å². The fourth-order valence-electron chi connectivity index (χ4n) is 2.86. The van der Waals surface area contributed by atoms with E-state index >= 15 is 0 Å². The Bertz CT molecular complexity index is 446. The number of rotatable bonds is 2. The molecule has 0 saturated carbocycles. The van der Waals surface area contributed by atoms with E-state index in [2.05, 4.69) is 25.7 Å². The predicted molar refractivity (Wildman–Crippen MR) is 71.5 cm³/mol. The number of carbonyl (C=O) groups is 1. The molecule has 1 fully saturated rings. The smallest absolute Gasteiger partial charge is 0.150 e. The number of carbonyl (C=O) groups excluding carboxylic acids is 1. The Kier molecular flexibility index (Phi) is 3.69. The minimum Gasteiger partial charge on any atom is -0.366 e. The van der Waals surface area contributed by atoms with Gasteiger partial charge in [-0.3, -0.25) is 4.79 Å². The van der Waals surface area contributed by atoms with E-state index in [0.717, 1.165) is 6.54 Å². The Morgan fingerprint density at radius 2 is 2.06 bits per heavy atom. The number of halogens is 1. The molecule has 1 heterocycles. The molecule has 1 aromatic carbocycles. The van der Waals surface area contributed by atoms with Gasteiger partial charge in [-0.15, -0.1) is 0 Å². The molecule has 0 aliphatic carbocycles. The third kappa shape index (κ3) is 2.40. The molecule has 1 aromatic rings. The van der Waals surface area contributed by atoms with E-state index in [-0.39, 0.29) is 5.82 Å². The lowest BCUT2D eigenvalue weighted by molar-refractivity contribution is 0.112. The number of benzene rings is 1. The van der Waals surface area contributed by atoms with Crippen LogP contribution in [0.1, 0.15) is 37.6 Å². The summed E-state index contributed by atoms with van der Waals surface area (Å²) in [4.78, 5) is 12.8.